The van der Waals surface area contributed by atoms with Gasteiger partial charge in [-0.3, -0.25) is 9.69 Å². The molecule has 0 amide bonds. The number of aryl methyl sites for hydroxylation is 1. The van der Waals surface area contributed by atoms with Crippen molar-refractivity contribution < 1.29 is 9.90 Å². The molecule has 0 bridgehead atoms. The lowest BCUT2D eigenvalue weighted by Crippen LogP contribution is -2.46. The van der Waals surface area contributed by atoms with Crippen LogP contribution in [0.1, 0.15) is 31.2 Å². The Hall–Kier alpha value is -1.55. The Morgan fingerprint density at radius 1 is 1.14 bits per heavy atom. The van der Waals surface area contributed by atoms with Gasteiger partial charge in [-0.1, -0.05) is 18.6 Å². The minimum atomic E-state index is -0.679. The van der Waals surface area contributed by atoms with Gasteiger partial charge in [0.25, 0.3) is 0 Å². The van der Waals surface area contributed by atoms with E-state index in [9.17, 15) is 4.79 Å². The number of rotatable bonds is 7. The second-order valence-corrected chi connectivity index (χ2v) is 5.87. The maximum absolute atomic E-state index is 10.4. The molecule has 1 aliphatic heterocycles. The maximum Gasteiger partial charge on any atom is 0.303 e. The molecule has 1 N–H and O–H groups in total. The lowest BCUT2D eigenvalue weighted by atomic mass is 10.1. The van der Waals surface area contributed by atoms with Crippen LogP contribution in [-0.2, 0) is 4.79 Å². The van der Waals surface area contributed by atoms with E-state index in [-0.39, 0.29) is 0 Å². The van der Waals surface area contributed by atoms with E-state index >= 15 is 0 Å². The molecule has 21 heavy (non-hydrogen) atoms. The first-order valence-corrected chi connectivity index (χ1v) is 7.91. The molecule has 1 aliphatic rings. The largest absolute Gasteiger partial charge is 0.481 e. The molecule has 0 spiro atoms. The number of piperazine rings is 1. The number of carbonyl (C=O) groups is 1. The van der Waals surface area contributed by atoms with Crippen LogP contribution in [0.25, 0.3) is 0 Å². The third kappa shape index (κ3) is 5.38. The first-order chi connectivity index (χ1) is 10.1. The first-order valence-electron chi connectivity index (χ1n) is 7.91. The van der Waals surface area contributed by atoms with E-state index in [0.717, 1.165) is 52.0 Å². The maximum atomic E-state index is 10.4. The van der Waals surface area contributed by atoms with Crippen molar-refractivity contribution in [1.82, 2.24) is 4.90 Å². The molecule has 0 radical (unpaired) electrons. The van der Waals surface area contributed by atoms with Gasteiger partial charge in [0.15, 0.2) is 0 Å². The summed E-state index contributed by atoms with van der Waals surface area (Å²) in [5.74, 6) is -0.679. The minimum absolute atomic E-state index is 0.307. The number of unbranched alkanes of at least 4 members (excludes halogenated alkanes) is 2. The van der Waals surface area contributed by atoms with Crippen LogP contribution in [0.3, 0.4) is 0 Å². The summed E-state index contributed by atoms with van der Waals surface area (Å²) in [6, 6.07) is 8.70. The van der Waals surface area contributed by atoms with E-state index in [1.54, 1.807) is 0 Å². The number of carboxylic acids is 1. The summed E-state index contributed by atoms with van der Waals surface area (Å²) < 4.78 is 0. The van der Waals surface area contributed by atoms with Gasteiger partial charge in [0.2, 0.25) is 0 Å². The fourth-order valence-corrected chi connectivity index (χ4v) is 2.84. The number of benzene rings is 1. The molecule has 0 aromatic heterocycles. The average molecular weight is 290 g/mol. The Labute approximate surface area is 127 Å². The van der Waals surface area contributed by atoms with Crippen molar-refractivity contribution in [1.29, 1.82) is 0 Å². The Balaban J connectivity index is 1.65. The third-order valence-corrected chi connectivity index (χ3v) is 4.10. The van der Waals surface area contributed by atoms with Crippen molar-refractivity contribution in [3.8, 4) is 0 Å². The van der Waals surface area contributed by atoms with E-state index < -0.39 is 5.97 Å². The van der Waals surface area contributed by atoms with Gasteiger partial charge in [-0.15, -0.1) is 0 Å². The molecule has 2 rings (SSSR count). The van der Waals surface area contributed by atoms with E-state index in [0.29, 0.717) is 6.42 Å². The van der Waals surface area contributed by atoms with Crippen LogP contribution < -0.4 is 4.90 Å². The molecule has 0 unspecified atom stereocenters. The molecule has 0 atom stereocenters. The number of hydrogen-bond donors (Lipinski definition) is 1. The van der Waals surface area contributed by atoms with Crippen molar-refractivity contribution in [2.75, 3.05) is 37.6 Å². The van der Waals surface area contributed by atoms with Gasteiger partial charge in [-0.2, -0.15) is 0 Å². The molecule has 0 saturated carbocycles. The molecular formula is C17H26N2O2. The molecule has 116 valence electrons. The predicted molar refractivity (Wildman–Crippen MR) is 85.9 cm³/mol. The Bertz CT molecular complexity index is 454. The summed E-state index contributed by atoms with van der Waals surface area (Å²) in [5.41, 5.74) is 2.64. The van der Waals surface area contributed by atoms with E-state index in [1.807, 2.05) is 0 Å². The molecule has 1 aromatic carbocycles. The molecule has 0 aliphatic carbocycles. The van der Waals surface area contributed by atoms with Gasteiger partial charge in [0.05, 0.1) is 0 Å². The van der Waals surface area contributed by atoms with Crippen LogP contribution in [0.2, 0.25) is 0 Å². The van der Waals surface area contributed by atoms with Crippen LogP contribution in [0.5, 0.6) is 0 Å². The van der Waals surface area contributed by atoms with Crippen LogP contribution >= 0.6 is 0 Å². The van der Waals surface area contributed by atoms with E-state index in [1.165, 1.54) is 11.3 Å². The monoisotopic (exact) mass is 290 g/mol. The fraction of sp³-hybridized carbons (Fsp3) is 0.588. The highest BCUT2D eigenvalue weighted by molar-refractivity contribution is 5.66. The topological polar surface area (TPSA) is 43.8 Å². The molecule has 1 saturated heterocycles. The predicted octanol–water partition coefficient (Wildman–Crippen LogP) is 2.76. The van der Waals surface area contributed by atoms with E-state index in [4.69, 9.17) is 5.11 Å². The number of carboxylic acid groups (broad SMARTS) is 1. The second kappa shape index (κ2) is 8.03. The van der Waals surface area contributed by atoms with Gasteiger partial charge in [0, 0.05) is 38.3 Å². The van der Waals surface area contributed by atoms with Crippen LogP contribution in [0.4, 0.5) is 5.69 Å². The van der Waals surface area contributed by atoms with Crippen molar-refractivity contribution in [3.63, 3.8) is 0 Å². The molecule has 4 nitrogen and oxygen atoms in total. The Kier molecular flexibility index (Phi) is 6.05. The zero-order valence-corrected chi connectivity index (χ0v) is 12.9. The van der Waals surface area contributed by atoms with Crippen LogP contribution in [-0.4, -0.2) is 48.7 Å². The van der Waals surface area contributed by atoms with E-state index in [2.05, 4.69) is 41.0 Å². The molecule has 4 heteroatoms. The summed E-state index contributed by atoms with van der Waals surface area (Å²) in [6.07, 6.45) is 3.24. The Morgan fingerprint density at radius 2 is 1.90 bits per heavy atom. The summed E-state index contributed by atoms with van der Waals surface area (Å²) in [4.78, 5) is 15.4. The molecule has 1 aromatic rings. The molecule has 1 heterocycles. The fourth-order valence-electron chi connectivity index (χ4n) is 2.84. The van der Waals surface area contributed by atoms with Crippen molar-refractivity contribution in [3.05, 3.63) is 29.8 Å². The highest BCUT2D eigenvalue weighted by atomic mass is 16.4. The lowest BCUT2D eigenvalue weighted by Gasteiger charge is -2.36. The van der Waals surface area contributed by atoms with Crippen LogP contribution in [0.15, 0.2) is 24.3 Å². The molecule has 1 fully saturated rings. The SMILES string of the molecule is Cc1cccc(N2CCN(CCCCCC(=O)O)CC2)c1. The lowest BCUT2D eigenvalue weighted by molar-refractivity contribution is -0.137. The third-order valence-electron chi connectivity index (χ3n) is 4.10. The number of hydrogen-bond acceptors (Lipinski definition) is 3. The summed E-state index contributed by atoms with van der Waals surface area (Å²) >= 11 is 0. The van der Waals surface area contributed by atoms with Gasteiger partial charge >= 0.3 is 5.97 Å². The average Bonchev–Trinajstić information content (AvgIpc) is 2.47. The second-order valence-electron chi connectivity index (χ2n) is 5.87. The van der Waals surface area contributed by atoms with Crippen molar-refractivity contribution in [2.24, 2.45) is 0 Å². The summed E-state index contributed by atoms with van der Waals surface area (Å²) in [5, 5.41) is 8.60. The number of nitrogens with zero attached hydrogens (tertiary/aromatic N) is 2. The highest BCUT2D eigenvalue weighted by Crippen LogP contribution is 2.18. The van der Waals surface area contributed by atoms with Gasteiger partial charge in [-0.05, 0) is 44.0 Å². The van der Waals surface area contributed by atoms with Gasteiger partial charge < -0.3 is 10.0 Å². The summed E-state index contributed by atoms with van der Waals surface area (Å²) in [6.45, 7) is 7.61. The molecular weight excluding hydrogens is 264 g/mol. The summed E-state index contributed by atoms with van der Waals surface area (Å²) in [7, 11) is 0. The normalized spacial score (nSPS) is 16.1. The first kappa shape index (κ1) is 15.8. The zero-order chi connectivity index (χ0) is 15.1. The Morgan fingerprint density at radius 3 is 2.57 bits per heavy atom. The van der Waals surface area contributed by atoms with Gasteiger partial charge in [0.1, 0.15) is 0 Å². The van der Waals surface area contributed by atoms with Crippen molar-refractivity contribution in [2.45, 2.75) is 32.6 Å². The quantitative estimate of drug-likeness (QED) is 0.784. The van der Waals surface area contributed by atoms with Crippen LogP contribution in [0, 0.1) is 6.92 Å². The zero-order valence-electron chi connectivity index (χ0n) is 12.9. The van der Waals surface area contributed by atoms with Gasteiger partial charge in [-0.25, -0.2) is 0 Å². The number of aliphatic carboxylic acids is 1. The standard InChI is InChI=1S/C17H26N2O2/c1-15-6-5-7-16(14-15)19-12-10-18(11-13-19)9-4-2-3-8-17(20)21/h5-7,14H,2-4,8-13H2,1H3,(H,20,21). The highest BCUT2D eigenvalue weighted by Gasteiger charge is 2.16. The smallest absolute Gasteiger partial charge is 0.303 e. The number of anilines is 1. The minimum Gasteiger partial charge on any atom is -0.481 e. The van der Waals surface area contributed by atoms with Crippen molar-refractivity contribution >= 4 is 11.7 Å².